The molecule has 2 nitrogen and oxygen atoms in total. The van der Waals surface area contributed by atoms with Crippen LogP contribution >= 0.6 is 0 Å². The van der Waals surface area contributed by atoms with Crippen LogP contribution < -0.4 is 0 Å². The topological polar surface area (TPSA) is 29.5 Å². The number of rotatable bonds is 4. The zero-order valence-electron chi connectivity index (χ0n) is 5.47. The van der Waals surface area contributed by atoms with E-state index in [-0.39, 0.29) is 6.61 Å². The van der Waals surface area contributed by atoms with Gasteiger partial charge >= 0.3 is 0 Å². The van der Waals surface area contributed by atoms with Crippen LogP contribution in [0.15, 0.2) is 11.8 Å². The summed E-state index contributed by atoms with van der Waals surface area (Å²) in [6.07, 6.45) is 5.08. The van der Waals surface area contributed by atoms with Crippen molar-refractivity contribution in [3.8, 4) is 0 Å². The van der Waals surface area contributed by atoms with Gasteiger partial charge in [0.1, 0.15) is 0 Å². The lowest BCUT2D eigenvalue weighted by Gasteiger charge is -2.14. The maximum Gasteiger partial charge on any atom is 0.0923 e. The Kier molecular flexibility index (Phi) is 2.58. The normalized spacial score (nSPS) is 16.3. The third-order valence-corrected chi connectivity index (χ3v) is 1.35. The first kappa shape index (κ1) is 6.62. The van der Waals surface area contributed by atoms with Crippen molar-refractivity contribution in [1.29, 1.82) is 0 Å². The Hall–Kier alpha value is -0.500. The van der Waals surface area contributed by atoms with Gasteiger partial charge in [0, 0.05) is 19.4 Å². The first-order valence-corrected chi connectivity index (χ1v) is 3.36. The van der Waals surface area contributed by atoms with Gasteiger partial charge in [-0.3, -0.25) is 0 Å². The average Bonchev–Trinajstić information content (AvgIpc) is 1.76. The van der Waals surface area contributed by atoms with Crippen LogP contribution in [0, 0.1) is 0 Å². The quantitative estimate of drug-likeness (QED) is 0.574. The van der Waals surface area contributed by atoms with E-state index in [4.69, 9.17) is 9.84 Å². The maximum atomic E-state index is 8.37. The van der Waals surface area contributed by atoms with Crippen molar-refractivity contribution in [3.63, 3.8) is 0 Å². The van der Waals surface area contributed by atoms with Gasteiger partial charge in [-0.1, -0.05) is 0 Å². The molecule has 1 N–H and O–H groups in total. The van der Waals surface area contributed by atoms with E-state index in [0.29, 0.717) is 6.61 Å². The molecule has 1 aliphatic carbocycles. The fourth-order valence-corrected chi connectivity index (χ4v) is 0.661. The first-order valence-electron chi connectivity index (χ1n) is 3.36. The Balaban J connectivity index is 1.92. The number of aliphatic hydroxyl groups is 1. The molecule has 0 heterocycles. The summed E-state index contributed by atoms with van der Waals surface area (Å²) in [5, 5.41) is 8.37. The van der Waals surface area contributed by atoms with E-state index in [0.717, 1.165) is 25.0 Å². The number of allylic oxidation sites excluding steroid dienone is 2. The summed E-state index contributed by atoms with van der Waals surface area (Å²) in [5.74, 6) is 1.10. The van der Waals surface area contributed by atoms with E-state index >= 15 is 0 Å². The molecule has 1 rings (SSSR count). The summed E-state index contributed by atoms with van der Waals surface area (Å²) in [5.41, 5.74) is 0. The Labute approximate surface area is 55.1 Å². The van der Waals surface area contributed by atoms with Crippen molar-refractivity contribution in [2.45, 2.75) is 19.3 Å². The second-order valence-corrected chi connectivity index (χ2v) is 2.13. The van der Waals surface area contributed by atoms with Crippen LogP contribution in [0.3, 0.4) is 0 Å². The summed E-state index contributed by atoms with van der Waals surface area (Å²) in [6.45, 7) is 0.898. The number of aliphatic hydroxyl groups excluding tert-OH is 1. The lowest BCUT2D eigenvalue weighted by molar-refractivity contribution is 0.161. The molecular weight excluding hydrogens is 116 g/mol. The second kappa shape index (κ2) is 3.51. The summed E-state index contributed by atoms with van der Waals surface area (Å²) >= 11 is 0. The minimum absolute atomic E-state index is 0.229. The van der Waals surface area contributed by atoms with E-state index in [9.17, 15) is 0 Å². The Morgan fingerprint density at radius 1 is 1.67 bits per heavy atom. The SMILES string of the molecule is OCCCOC1=CCC1. The molecule has 0 aromatic carbocycles. The summed E-state index contributed by atoms with van der Waals surface area (Å²) in [7, 11) is 0. The molecule has 0 saturated carbocycles. The molecule has 0 saturated heterocycles. The van der Waals surface area contributed by atoms with Crippen molar-refractivity contribution >= 4 is 0 Å². The smallest absolute Gasteiger partial charge is 0.0923 e. The summed E-state index contributed by atoms with van der Waals surface area (Å²) in [6, 6.07) is 0. The van der Waals surface area contributed by atoms with E-state index in [1.807, 2.05) is 0 Å². The third kappa shape index (κ3) is 2.06. The lowest BCUT2D eigenvalue weighted by atomic mass is 10.1. The van der Waals surface area contributed by atoms with Gasteiger partial charge in [0.15, 0.2) is 0 Å². The van der Waals surface area contributed by atoms with Crippen LogP contribution in [0.5, 0.6) is 0 Å². The number of ether oxygens (including phenoxy) is 1. The summed E-state index contributed by atoms with van der Waals surface area (Å²) < 4.78 is 5.22. The fourth-order valence-electron chi connectivity index (χ4n) is 0.661. The molecule has 0 fully saturated rings. The van der Waals surface area contributed by atoms with Gasteiger partial charge in [-0.25, -0.2) is 0 Å². The van der Waals surface area contributed by atoms with Crippen LogP contribution in [0.4, 0.5) is 0 Å². The van der Waals surface area contributed by atoms with Crippen LogP contribution in [-0.4, -0.2) is 18.3 Å². The zero-order chi connectivity index (χ0) is 6.53. The Bertz CT molecular complexity index is 107. The Morgan fingerprint density at radius 3 is 2.89 bits per heavy atom. The van der Waals surface area contributed by atoms with E-state index in [1.165, 1.54) is 0 Å². The average molecular weight is 128 g/mol. The van der Waals surface area contributed by atoms with Crippen LogP contribution in [0.25, 0.3) is 0 Å². The van der Waals surface area contributed by atoms with Gasteiger partial charge in [0.2, 0.25) is 0 Å². The molecule has 0 unspecified atom stereocenters. The molecule has 0 amide bonds. The highest BCUT2D eigenvalue weighted by molar-refractivity contribution is 5.04. The molecular formula is C7H12O2. The molecule has 1 aliphatic rings. The number of hydrogen-bond acceptors (Lipinski definition) is 2. The highest BCUT2D eigenvalue weighted by Crippen LogP contribution is 2.18. The van der Waals surface area contributed by atoms with Crippen molar-refractivity contribution in [1.82, 2.24) is 0 Å². The van der Waals surface area contributed by atoms with Crippen molar-refractivity contribution in [2.24, 2.45) is 0 Å². The van der Waals surface area contributed by atoms with Crippen molar-refractivity contribution in [2.75, 3.05) is 13.2 Å². The van der Waals surface area contributed by atoms with E-state index in [1.54, 1.807) is 0 Å². The van der Waals surface area contributed by atoms with Gasteiger partial charge < -0.3 is 9.84 Å². The van der Waals surface area contributed by atoms with Gasteiger partial charge in [0.25, 0.3) is 0 Å². The maximum absolute atomic E-state index is 8.37. The van der Waals surface area contributed by atoms with Crippen LogP contribution in [0.1, 0.15) is 19.3 Å². The van der Waals surface area contributed by atoms with Gasteiger partial charge in [-0.05, 0) is 12.5 Å². The van der Waals surface area contributed by atoms with Gasteiger partial charge in [0.05, 0.1) is 12.4 Å². The monoisotopic (exact) mass is 128 g/mol. The lowest BCUT2D eigenvalue weighted by Crippen LogP contribution is -2.02. The standard InChI is InChI=1S/C7H12O2/c8-5-2-6-9-7-3-1-4-7/h3,8H,1-2,4-6H2. The molecule has 2 heteroatoms. The van der Waals surface area contributed by atoms with Gasteiger partial charge in [-0.15, -0.1) is 0 Å². The minimum atomic E-state index is 0.229. The zero-order valence-corrected chi connectivity index (χ0v) is 5.47. The molecule has 0 aromatic heterocycles. The molecule has 9 heavy (non-hydrogen) atoms. The molecule has 0 radical (unpaired) electrons. The molecule has 52 valence electrons. The van der Waals surface area contributed by atoms with Gasteiger partial charge in [-0.2, -0.15) is 0 Å². The first-order chi connectivity index (χ1) is 4.43. The molecule has 0 aromatic rings. The predicted molar refractivity (Wildman–Crippen MR) is 35.0 cm³/mol. The third-order valence-electron chi connectivity index (χ3n) is 1.35. The van der Waals surface area contributed by atoms with Crippen LogP contribution in [0.2, 0.25) is 0 Å². The molecule has 0 atom stereocenters. The van der Waals surface area contributed by atoms with E-state index < -0.39 is 0 Å². The van der Waals surface area contributed by atoms with Crippen LogP contribution in [-0.2, 0) is 4.74 Å². The predicted octanol–water partition coefficient (Wildman–Crippen LogP) is 1.06. The molecule has 0 bridgehead atoms. The fraction of sp³-hybridized carbons (Fsp3) is 0.714. The highest BCUT2D eigenvalue weighted by Gasteiger charge is 2.04. The molecule has 0 aliphatic heterocycles. The Morgan fingerprint density at radius 2 is 2.44 bits per heavy atom. The van der Waals surface area contributed by atoms with Crippen molar-refractivity contribution in [3.05, 3.63) is 11.8 Å². The largest absolute Gasteiger partial charge is 0.498 e. The molecule has 0 spiro atoms. The highest BCUT2D eigenvalue weighted by atomic mass is 16.5. The second-order valence-electron chi connectivity index (χ2n) is 2.13. The minimum Gasteiger partial charge on any atom is -0.498 e. The van der Waals surface area contributed by atoms with E-state index in [2.05, 4.69) is 6.08 Å². The summed E-state index contributed by atoms with van der Waals surface area (Å²) in [4.78, 5) is 0. The number of hydrogen-bond donors (Lipinski definition) is 1. The van der Waals surface area contributed by atoms with Crippen molar-refractivity contribution < 1.29 is 9.84 Å².